The largest absolute Gasteiger partial charge is 1.00 e. The van der Waals surface area contributed by atoms with Gasteiger partial charge in [-0.25, -0.2) is 8.78 Å². The van der Waals surface area contributed by atoms with Gasteiger partial charge in [-0.15, -0.1) is 0 Å². The van der Waals surface area contributed by atoms with E-state index < -0.39 is 16.5 Å². The molecule has 6 heteroatoms. The summed E-state index contributed by atoms with van der Waals surface area (Å²) in [6, 6.07) is 0. The van der Waals surface area contributed by atoms with Gasteiger partial charge >= 0.3 is 18.9 Å². The number of hydrogen-bond donors (Lipinski definition) is 0. The molecule has 0 saturated carbocycles. The van der Waals surface area contributed by atoms with E-state index in [1.165, 1.54) is 0 Å². The Bertz CT molecular complexity index is 91.9. The van der Waals surface area contributed by atoms with Crippen LogP contribution in [0.1, 0.15) is 0 Å². The normalized spacial score (nSPS) is 9.14. The van der Waals surface area contributed by atoms with Crippen LogP contribution in [0.2, 0.25) is 0 Å². The summed E-state index contributed by atoms with van der Waals surface area (Å²) in [7, 11) is -3.20. The molecular weight excluding hydrogens is 121 g/mol. The van der Waals surface area contributed by atoms with Gasteiger partial charge in [0.15, 0.2) is 0 Å². The molecule has 0 aliphatic rings. The standard InChI is InChI=1S/CHF2O2S.Li/c2-1(3)6(4)5;/h1H;/q-1;+1. The molecule has 0 spiro atoms. The van der Waals surface area contributed by atoms with E-state index in [-0.39, 0.29) is 18.9 Å². The smallest absolute Gasteiger partial charge is 0.419 e. The van der Waals surface area contributed by atoms with Gasteiger partial charge in [0.25, 0.3) is 0 Å². The van der Waals surface area contributed by atoms with Crippen molar-refractivity contribution < 1.29 is 36.1 Å². The first kappa shape index (κ1) is 10.4. The van der Waals surface area contributed by atoms with Crippen molar-refractivity contribution in [3.05, 3.63) is 0 Å². The van der Waals surface area contributed by atoms with Crippen molar-refractivity contribution in [3.63, 3.8) is 0 Å². The van der Waals surface area contributed by atoms with Crippen LogP contribution in [0.4, 0.5) is 8.78 Å². The average molecular weight is 122 g/mol. The van der Waals surface area contributed by atoms with Gasteiger partial charge in [0, 0.05) is 0 Å². The van der Waals surface area contributed by atoms with Crippen LogP contribution in [0.5, 0.6) is 0 Å². The molecule has 0 aromatic heterocycles. The average Bonchev–Trinajstić information content (AvgIpc) is 1.36. The molecule has 0 amide bonds. The molecule has 0 bridgehead atoms. The monoisotopic (exact) mass is 122 g/mol. The van der Waals surface area contributed by atoms with Crippen LogP contribution in [0.3, 0.4) is 0 Å². The Morgan fingerprint density at radius 2 is 1.43 bits per heavy atom. The van der Waals surface area contributed by atoms with Gasteiger partial charge in [-0.05, 0) is 10.7 Å². The first-order chi connectivity index (χ1) is 2.64. The molecule has 0 unspecified atom stereocenters. The fourth-order valence-corrected chi connectivity index (χ4v) is 0. The van der Waals surface area contributed by atoms with Gasteiger partial charge < -0.3 is 8.42 Å². The predicted octanol–water partition coefficient (Wildman–Crippen LogP) is -2.48. The summed E-state index contributed by atoms with van der Waals surface area (Å²) in [6.07, 6.45) is 0. The van der Waals surface area contributed by atoms with E-state index in [1.807, 2.05) is 0 Å². The van der Waals surface area contributed by atoms with E-state index >= 15 is 0 Å². The molecule has 0 rings (SSSR count). The van der Waals surface area contributed by atoms with Gasteiger partial charge in [0.1, 0.15) is 0 Å². The molecule has 0 heterocycles. The van der Waals surface area contributed by atoms with E-state index in [0.29, 0.717) is 0 Å². The first-order valence-corrected chi connectivity index (χ1v) is 2.14. The molecule has 38 valence electrons. The topological polar surface area (TPSA) is 34.1 Å². The molecule has 0 radical (unpaired) electrons. The molecule has 0 atom stereocenters. The van der Waals surface area contributed by atoms with Gasteiger partial charge in [0.2, 0.25) is 5.76 Å². The third-order valence-corrected chi connectivity index (χ3v) is 0.436. The number of alkyl halides is 2. The van der Waals surface area contributed by atoms with Crippen LogP contribution in [-0.4, -0.2) is 5.76 Å². The summed E-state index contributed by atoms with van der Waals surface area (Å²) >= 11 is 0. The number of hydrogen-bond acceptors (Lipinski definition) is 3. The third kappa shape index (κ3) is 6.41. The van der Waals surface area contributed by atoms with Crippen LogP contribution in [-0.2, 0) is 19.1 Å². The quantitative estimate of drug-likeness (QED) is 0.285. The molecule has 0 aliphatic heterocycles. The van der Waals surface area contributed by atoms with Crippen molar-refractivity contribution in [2.45, 2.75) is 5.76 Å². The fourth-order valence-electron chi connectivity index (χ4n) is 0. The van der Waals surface area contributed by atoms with Crippen LogP contribution in [0.15, 0.2) is 0 Å². The van der Waals surface area contributed by atoms with Gasteiger partial charge in [-0.1, -0.05) is 0 Å². The van der Waals surface area contributed by atoms with Crippen LogP contribution >= 0.6 is 0 Å². The Morgan fingerprint density at radius 1 is 1.29 bits per heavy atom. The summed E-state index contributed by atoms with van der Waals surface area (Å²) in [5.74, 6) is -3.23. The molecule has 2 nitrogen and oxygen atoms in total. The third-order valence-electron chi connectivity index (χ3n) is 0.145. The van der Waals surface area contributed by atoms with Crippen molar-refractivity contribution in [3.8, 4) is 0 Å². The summed E-state index contributed by atoms with van der Waals surface area (Å²) in [5, 5.41) is 0. The molecule has 7 heavy (non-hydrogen) atoms. The SMILES string of the molecule is O=[S-](=O)C(F)F.[Li+]. The van der Waals surface area contributed by atoms with Crippen LogP contribution in [0, 0.1) is 0 Å². The van der Waals surface area contributed by atoms with E-state index in [1.54, 1.807) is 0 Å². The maximum absolute atomic E-state index is 10.5. The summed E-state index contributed by atoms with van der Waals surface area (Å²) < 4.78 is 39.0. The van der Waals surface area contributed by atoms with Gasteiger partial charge in [0.05, 0.1) is 0 Å². The molecule has 0 aliphatic carbocycles. The Hall–Kier alpha value is 0.407. The second-order valence-electron chi connectivity index (χ2n) is 0.521. The predicted molar refractivity (Wildman–Crippen MR) is 14.7 cm³/mol. The maximum Gasteiger partial charge on any atom is 1.00 e. The van der Waals surface area contributed by atoms with Gasteiger partial charge in [-0.3, -0.25) is 0 Å². The minimum Gasteiger partial charge on any atom is -0.419 e. The molecular formula is CHF2LiO2S. The second kappa shape index (κ2) is 4.56. The zero-order valence-electron chi connectivity index (χ0n) is 3.56. The van der Waals surface area contributed by atoms with Crippen molar-refractivity contribution in [2.24, 2.45) is 0 Å². The zero-order chi connectivity index (χ0) is 5.15. The van der Waals surface area contributed by atoms with Crippen LogP contribution < -0.4 is 18.9 Å². The van der Waals surface area contributed by atoms with E-state index in [0.717, 1.165) is 0 Å². The zero-order valence-corrected chi connectivity index (χ0v) is 4.37. The molecule has 0 fully saturated rings. The summed E-state index contributed by atoms with van der Waals surface area (Å²) in [6.45, 7) is 0. The van der Waals surface area contributed by atoms with Crippen molar-refractivity contribution in [1.29, 1.82) is 0 Å². The Labute approximate surface area is 53.0 Å². The molecule has 0 aromatic rings. The van der Waals surface area contributed by atoms with E-state index in [4.69, 9.17) is 8.42 Å². The Morgan fingerprint density at radius 3 is 1.43 bits per heavy atom. The van der Waals surface area contributed by atoms with Crippen molar-refractivity contribution in [2.75, 3.05) is 0 Å². The second-order valence-corrected chi connectivity index (χ2v) is 1.40. The first-order valence-electron chi connectivity index (χ1n) is 1.01. The van der Waals surface area contributed by atoms with Crippen molar-refractivity contribution >= 4 is 10.7 Å². The van der Waals surface area contributed by atoms with Gasteiger partial charge in [-0.2, -0.15) is 0 Å². The van der Waals surface area contributed by atoms with E-state index in [9.17, 15) is 8.78 Å². The Kier molecular flexibility index (Phi) is 6.78. The Balaban J connectivity index is 0. The van der Waals surface area contributed by atoms with Crippen LogP contribution in [0.25, 0.3) is 0 Å². The minimum absolute atomic E-state index is 0. The maximum atomic E-state index is 10.5. The molecule has 0 saturated heterocycles. The fraction of sp³-hybridized carbons (Fsp3) is 1.00. The number of rotatable bonds is 1. The summed E-state index contributed by atoms with van der Waals surface area (Å²) in [5.41, 5.74) is 0. The number of halogens is 2. The molecule has 0 aromatic carbocycles. The minimum atomic E-state index is -3.23. The van der Waals surface area contributed by atoms with E-state index in [2.05, 4.69) is 0 Å². The van der Waals surface area contributed by atoms with Crippen molar-refractivity contribution in [1.82, 2.24) is 0 Å². The molecule has 0 N–H and O–H groups in total. The summed E-state index contributed by atoms with van der Waals surface area (Å²) in [4.78, 5) is 0.